The summed E-state index contributed by atoms with van der Waals surface area (Å²) in [6.07, 6.45) is 0.395. The third kappa shape index (κ3) is 1.75. The second-order valence-corrected chi connectivity index (χ2v) is 4.57. The predicted octanol–water partition coefficient (Wildman–Crippen LogP) is 3.44. The molecule has 14 heavy (non-hydrogen) atoms. The summed E-state index contributed by atoms with van der Waals surface area (Å²) >= 11 is 3.31. The van der Waals surface area contributed by atoms with E-state index in [-0.39, 0.29) is 0 Å². The zero-order valence-electron chi connectivity index (χ0n) is 7.65. The average Bonchev–Trinajstić information content (AvgIpc) is 2.45. The standard InChI is InChI=1S/C10H10BrF2N/c1-10(12,13)9-4-6-2-3-7(11)5-8(6)14-9/h2-3,5,9,14H,4H2,1H3. The normalized spacial score (nSPS) is 20.4. The van der Waals surface area contributed by atoms with E-state index in [9.17, 15) is 8.78 Å². The highest BCUT2D eigenvalue weighted by molar-refractivity contribution is 9.10. The Morgan fingerprint density at radius 2 is 2.21 bits per heavy atom. The molecule has 0 radical (unpaired) electrons. The van der Waals surface area contributed by atoms with Gasteiger partial charge in [0.05, 0.1) is 6.04 Å². The van der Waals surface area contributed by atoms with Gasteiger partial charge in [0.2, 0.25) is 0 Å². The van der Waals surface area contributed by atoms with Gasteiger partial charge in [-0.25, -0.2) is 8.78 Å². The fraction of sp³-hybridized carbons (Fsp3) is 0.400. The summed E-state index contributed by atoms with van der Waals surface area (Å²) in [6.45, 7) is 0.950. The van der Waals surface area contributed by atoms with Crippen molar-refractivity contribution in [1.82, 2.24) is 0 Å². The lowest BCUT2D eigenvalue weighted by molar-refractivity contribution is 0.00371. The molecule has 1 nitrogen and oxygen atoms in total. The minimum absolute atomic E-state index is 0.395. The monoisotopic (exact) mass is 261 g/mol. The molecule has 1 aromatic rings. The van der Waals surface area contributed by atoms with E-state index < -0.39 is 12.0 Å². The van der Waals surface area contributed by atoms with E-state index in [0.29, 0.717) is 6.42 Å². The summed E-state index contributed by atoms with van der Waals surface area (Å²) in [5, 5.41) is 2.84. The molecule has 0 saturated heterocycles. The number of hydrogen-bond acceptors (Lipinski definition) is 1. The van der Waals surface area contributed by atoms with Crippen LogP contribution in [0.15, 0.2) is 22.7 Å². The van der Waals surface area contributed by atoms with Crippen LogP contribution in [0.2, 0.25) is 0 Å². The molecule has 1 unspecified atom stereocenters. The molecule has 0 fully saturated rings. The largest absolute Gasteiger partial charge is 0.376 e. The molecule has 2 rings (SSSR count). The third-order valence-corrected chi connectivity index (χ3v) is 2.93. The lowest BCUT2D eigenvalue weighted by Crippen LogP contribution is -2.35. The van der Waals surface area contributed by atoms with Crippen LogP contribution in [0, 0.1) is 0 Å². The van der Waals surface area contributed by atoms with Gasteiger partial charge in [0.15, 0.2) is 0 Å². The van der Waals surface area contributed by atoms with Crippen LogP contribution in [-0.2, 0) is 6.42 Å². The van der Waals surface area contributed by atoms with Crippen LogP contribution < -0.4 is 5.32 Å². The molecule has 1 aliphatic heterocycles. The lowest BCUT2D eigenvalue weighted by atomic mass is 10.1. The van der Waals surface area contributed by atoms with Gasteiger partial charge in [-0.3, -0.25) is 0 Å². The predicted molar refractivity (Wildman–Crippen MR) is 55.9 cm³/mol. The van der Waals surface area contributed by atoms with Crippen LogP contribution in [0.25, 0.3) is 0 Å². The van der Waals surface area contributed by atoms with Gasteiger partial charge in [-0.05, 0) is 17.7 Å². The molecule has 0 aromatic heterocycles. The summed E-state index contributed by atoms with van der Waals surface area (Å²) in [5.74, 6) is -2.68. The van der Waals surface area contributed by atoms with E-state index in [0.717, 1.165) is 22.6 Å². The Kier molecular flexibility index (Phi) is 2.26. The minimum Gasteiger partial charge on any atom is -0.376 e. The highest BCUT2D eigenvalue weighted by Gasteiger charge is 2.38. The van der Waals surface area contributed by atoms with Crippen LogP contribution >= 0.6 is 15.9 Å². The molecule has 1 atom stereocenters. The molecule has 1 heterocycles. The number of benzene rings is 1. The maximum absolute atomic E-state index is 13.0. The van der Waals surface area contributed by atoms with Gasteiger partial charge in [0.25, 0.3) is 5.92 Å². The first-order chi connectivity index (χ1) is 6.47. The number of anilines is 1. The minimum atomic E-state index is -2.68. The molecule has 0 spiro atoms. The fourth-order valence-corrected chi connectivity index (χ4v) is 1.99. The number of fused-ring (bicyclic) bond motifs is 1. The molecule has 1 aliphatic rings. The van der Waals surface area contributed by atoms with Crippen molar-refractivity contribution >= 4 is 21.6 Å². The Labute approximate surface area is 89.6 Å². The lowest BCUT2D eigenvalue weighted by Gasteiger charge is -2.18. The molecule has 1 N–H and O–H groups in total. The van der Waals surface area contributed by atoms with E-state index in [2.05, 4.69) is 21.2 Å². The van der Waals surface area contributed by atoms with Crippen LogP contribution in [0.3, 0.4) is 0 Å². The number of rotatable bonds is 1. The molecular formula is C10H10BrF2N. The van der Waals surface area contributed by atoms with Crippen molar-refractivity contribution in [3.63, 3.8) is 0 Å². The second-order valence-electron chi connectivity index (χ2n) is 3.66. The van der Waals surface area contributed by atoms with E-state index in [1.165, 1.54) is 0 Å². The Balaban J connectivity index is 2.26. The fourth-order valence-electron chi connectivity index (χ4n) is 1.63. The van der Waals surface area contributed by atoms with Gasteiger partial charge in [0.1, 0.15) is 0 Å². The van der Waals surface area contributed by atoms with E-state index in [1.54, 1.807) is 0 Å². The molecule has 0 bridgehead atoms. The summed E-state index contributed by atoms with van der Waals surface area (Å²) in [4.78, 5) is 0. The molecule has 0 saturated carbocycles. The Morgan fingerprint density at radius 3 is 2.86 bits per heavy atom. The Hall–Kier alpha value is -0.640. The highest BCUT2D eigenvalue weighted by atomic mass is 79.9. The first-order valence-electron chi connectivity index (χ1n) is 4.39. The van der Waals surface area contributed by atoms with Crippen LogP contribution in [0.4, 0.5) is 14.5 Å². The van der Waals surface area contributed by atoms with Crippen molar-refractivity contribution in [2.75, 3.05) is 5.32 Å². The summed E-state index contributed by atoms with van der Waals surface area (Å²) < 4.78 is 26.9. The molecule has 1 aromatic carbocycles. The third-order valence-electron chi connectivity index (χ3n) is 2.44. The van der Waals surface area contributed by atoms with Crippen molar-refractivity contribution in [1.29, 1.82) is 0 Å². The zero-order chi connectivity index (χ0) is 10.3. The maximum atomic E-state index is 13.0. The Bertz CT molecular complexity index is 360. The van der Waals surface area contributed by atoms with Gasteiger partial charge < -0.3 is 5.32 Å². The SMILES string of the molecule is CC(F)(F)C1Cc2ccc(Br)cc2N1. The van der Waals surface area contributed by atoms with Crippen LogP contribution in [-0.4, -0.2) is 12.0 Å². The van der Waals surface area contributed by atoms with Gasteiger partial charge in [0, 0.05) is 23.5 Å². The first kappa shape index (κ1) is 9.90. The van der Waals surface area contributed by atoms with Crippen LogP contribution in [0.5, 0.6) is 0 Å². The molecule has 0 amide bonds. The van der Waals surface area contributed by atoms with Crippen molar-refractivity contribution in [2.24, 2.45) is 0 Å². The molecule has 4 heteroatoms. The van der Waals surface area contributed by atoms with Crippen molar-refractivity contribution in [3.8, 4) is 0 Å². The molecular weight excluding hydrogens is 252 g/mol. The highest BCUT2D eigenvalue weighted by Crippen LogP contribution is 2.34. The zero-order valence-corrected chi connectivity index (χ0v) is 9.24. The van der Waals surface area contributed by atoms with Gasteiger partial charge in [-0.2, -0.15) is 0 Å². The number of halogens is 3. The van der Waals surface area contributed by atoms with E-state index >= 15 is 0 Å². The summed E-state index contributed by atoms with van der Waals surface area (Å²) in [6, 6.07) is 4.81. The second kappa shape index (κ2) is 3.19. The van der Waals surface area contributed by atoms with E-state index in [4.69, 9.17) is 0 Å². The van der Waals surface area contributed by atoms with Gasteiger partial charge in [-0.1, -0.05) is 22.0 Å². The first-order valence-corrected chi connectivity index (χ1v) is 5.19. The van der Waals surface area contributed by atoms with E-state index in [1.807, 2.05) is 18.2 Å². The molecule has 76 valence electrons. The van der Waals surface area contributed by atoms with Gasteiger partial charge >= 0.3 is 0 Å². The summed E-state index contributed by atoms with van der Waals surface area (Å²) in [5.41, 5.74) is 1.77. The number of alkyl halides is 2. The maximum Gasteiger partial charge on any atom is 0.265 e. The molecule has 0 aliphatic carbocycles. The van der Waals surface area contributed by atoms with Crippen molar-refractivity contribution in [3.05, 3.63) is 28.2 Å². The number of hydrogen-bond donors (Lipinski definition) is 1. The summed E-state index contributed by atoms with van der Waals surface area (Å²) in [7, 11) is 0. The van der Waals surface area contributed by atoms with Crippen molar-refractivity contribution < 1.29 is 8.78 Å². The van der Waals surface area contributed by atoms with Crippen molar-refractivity contribution in [2.45, 2.75) is 25.3 Å². The quantitative estimate of drug-likeness (QED) is 0.817. The average molecular weight is 262 g/mol. The number of nitrogens with one attached hydrogen (secondary N) is 1. The van der Waals surface area contributed by atoms with Gasteiger partial charge in [-0.15, -0.1) is 0 Å². The topological polar surface area (TPSA) is 12.0 Å². The van der Waals surface area contributed by atoms with Crippen LogP contribution in [0.1, 0.15) is 12.5 Å². The smallest absolute Gasteiger partial charge is 0.265 e. The Morgan fingerprint density at radius 1 is 1.50 bits per heavy atom.